The Morgan fingerprint density at radius 3 is 2.14 bits per heavy atom. The molecule has 166 valence electrons. The molecule has 2 N–H and O–H groups in total. The van der Waals surface area contributed by atoms with Crippen molar-refractivity contribution in [2.24, 2.45) is 0 Å². The Labute approximate surface area is 175 Å². The number of hydrogen-bond acceptors (Lipinski definition) is 6. The summed E-state index contributed by atoms with van der Waals surface area (Å²) in [6.07, 6.45) is 17.0. The van der Waals surface area contributed by atoms with Gasteiger partial charge in [-0.1, -0.05) is 77.2 Å². The second-order valence-corrected chi connectivity index (χ2v) is 7.75. The van der Waals surface area contributed by atoms with Gasteiger partial charge < -0.3 is 19.7 Å². The van der Waals surface area contributed by atoms with Crippen LogP contribution in [0.15, 0.2) is 23.8 Å². The van der Waals surface area contributed by atoms with Crippen LogP contribution in [0.1, 0.15) is 84.0 Å². The molecule has 6 nitrogen and oxygen atoms in total. The number of hydrogen-bond donors (Lipinski definition) is 2. The lowest BCUT2D eigenvalue weighted by Crippen LogP contribution is -2.41. The zero-order chi connectivity index (χ0) is 21.5. The summed E-state index contributed by atoms with van der Waals surface area (Å²) in [6.45, 7) is 1.61. The highest BCUT2D eigenvalue weighted by Crippen LogP contribution is 2.33. The van der Waals surface area contributed by atoms with Crippen LogP contribution in [-0.4, -0.2) is 47.6 Å². The van der Waals surface area contributed by atoms with Crippen LogP contribution in [0.4, 0.5) is 0 Å². The lowest BCUT2D eigenvalue weighted by atomic mass is 9.93. The number of aliphatic hydroxyl groups excluding tert-OH is 2. The molecule has 1 fully saturated rings. The minimum absolute atomic E-state index is 0.139. The number of aliphatic hydroxyl groups is 2. The van der Waals surface area contributed by atoms with Crippen LogP contribution in [0.5, 0.6) is 0 Å². The molecule has 29 heavy (non-hydrogen) atoms. The summed E-state index contributed by atoms with van der Waals surface area (Å²) in [5, 5.41) is 20.1. The number of unbranched alkanes of at least 4 members (excludes halogenated alkanes) is 11. The first kappa shape index (κ1) is 25.4. The van der Waals surface area contributed by atoms with Crippen molar-refractivity contribution in [3.05, 3.63) is 23.8 Å². The van der Waals surface area contributed by atoms with Gasteiger partial charge in [-0.15, -0.1) is 0 Å². The van der Waals surface area contributed by atoms with Crippen LogP contribution in [0.25, 0.3) is 0 Å². The maximum absolute atomic E-state index is 12.1. The fourth-order valence-electron chi connectivity index (χ4n) is 3.50. The van der Waals surface area contributed by atoms with Crippen LogP contribution in [-0.2, 0) is 19.1 Å². The first-order valence-corrected chi connectivity index (χ1v) is 11.0. The maximum atomic E-state index is 12.1. The van der Waals surface area contributed by atoms with Crippen molar-refractivity contribution >= 4 is 11.9 Å². The molecule has 0 bridgehead atoms. The summed E-state index contributed by atoms with van der Waals surface area (Å²) in [7, 11) is 1.22. The molecule has 0 aliphatic carbocycles. The van der Waals surface area contributed by atoms with E-state index in [9.17, 15) is 19.8 Å². The van der Waals surface area contributed by atoms with Crippen LogP contribution >= 0.6 is 0 Å². The number of ether oxygens (including phenoxy) is 2. The highest BCUT2D eigenvalue weighted by Gasteiger charge is 2.50. The van der Waals surface area contributed by atoms with Gasteiger partial charge in [-0.2, -0.15) is 0 Å². The molecule has 0 spiro atoms. The Kier molecular flexibility index (Phi) is 12.6. The fraction of sp³-hybridized carbons (Fsp3) is 0.739. The number of allylic oxidation sites excluding steroid dienone is 1. The first-order chi connectivity index (χ1) is 14.0. The second-order valence-electron chi connectivity index (χ2n) is 7.75. The van der Waals surface area contributed by atoms with E-state index in [-0.39, 0.29) is 5.57 Å². The van der Waals surface area contributed by atoms with Crippen molar-refractivity contribution in [2.75, 3.05) is 13.7 Å². The summed E-state index contributed by atoms with van der Waals surface area (Å²) < 4.78 is 9.67. The third kappa shape index (κ3) is 8.70. The zero-order valence-corrected chi connectivity index (χ0v) is 18.0. The van der Waals surface area contributed by atoms with E-state index in [0.717, 1.165) is 18.9 Å². The molecule has 1 saturated heterocycles. The van der Waals surface area contributed by atoms with Crippen molar-refractivity contribution in [3.8, 4) is 0 Å². The van der Waals surface area contributed by atoms with Gasteiger partial charge in [0.15, 0.2) is 5.60 Å². The molecule has 1 aliphatic rings. The normalized spacial score (nSPS) is 23.1. The Morgan fingerprint density at radius 2 is 1.62 bits per heavy atom. The van der Waals surface area contributed by atoms with Gasteiger partial charge in [0, 0.05) is 6.08 Å². The molecule has 0 aromatic rings. The van der Waals surface area contributed by atoms with Crippen molar-refractivity contribution in [1.29, 1.82) is 0 Å². The Hall–Kier alpha value is -1.66. The summed E-state index contributed by atoms with van der Waals surface area (Å²) in [5.74, 6) is -1.32. The largest absolute Gasteiger partial charge is 0.466 e. The SMILES string of the molecule is CCCCCCCCCCCCC/C=C1\C(=O)O[C@@](/C=C/C(=O)OC)(CO)[C@@H]1O. The van der Waals surface area contributed by atoms with Gasteiger partial charge in [0.05, 0.1) is 19.3 Å². The summed E-state index contributed by atoms with van der Waals surface area (Å²) >= 11 is 0. The van der Waals surface area contributed by atoms with E-state index in [1.165, 1.54) is 71.0 Å². The van der Waals surface area contributed by atoms with Gasteiger partial charge in [-0.05, 0) is 18.9 Å². The van der Waals surface area contributed by atoms with Crippen LogP contribution < -0.4 is 0 Å². The molecule has 0 aromatic heterocycles. The number of methoxy groups -OCH3 is 1. The third-order valence-electron chi connectivity index (χ3n) is 5.40. The molecule has 0 saturated carbocycles. The van der Waals surface area contributed by atoms with E-state index in [4.69, 9.17) is 4.74 Å². The molecule has 0 aromatic carbocycles. The number of cyclic esters (lactones) is 1. The molecule has 1 aliphatic heterocycles. The van der Waals surface area contributed by atoms with E-state index >= 15 is 0 Å². The van der Waals surface area contributed by atoms with Crippen LogP contribution in [0, 0.1) is 0 Å². The number of carbonyl (C=O) groups excluding carboxylic acids is 2. The lowest BCUT2D eigenvalue weighted by Gasteiger charge is -2.24. The second kappa shape index (κ2) is 14.3. The molecular weight excluding hydrogens is 372 g/mol. The van der Waals surface area contributed by atoms with E-state index < -0.39 is 30.3 Å². The van der Waals surface area contributed by atoms with Crippen molar-refractivity contribution in [3.63, 3.8) is 0 Å². The van der Waals surface area contributed by atoms with Gasteiger partial charge in [0.25, 0.3) is 0 Å². The quantitative estimate of drug-likeness (QED) is 0.241. The topological polar surface area (TPSA) is 93.1 Å². The fourth-order valence-corrected chi connectivity index (χ4v) is 3.50. The molecular formula is C23H38O6. The predicted octanol–water partition coefficient (Wildman–Crippen LogP) is 3.99. The predicted molar refractivity (Wildman–Crippen MR) is 112 cm³/mol. The van der Waals surface area contributed by atoms with Crippen LogP contribution in [0.3, 0.4) is 0 Å². The molecule has 6 heteroatoms. The highest BCUT2D eigenvalue weighted by atomic mass is 16.6. The van der Waals surface area contributed by atoms with Crippen molar-refractivity contribution in [2.45, 2.75) is 95.7 Å². The first-order valence-electron chi connectivity index (χ1n) is 11.0. The van der Waals surface area contributed by atoms with Gasteiger partial charge in [-0.25, -0.2) is 9.59 Å². The van der Waals surface area contributed by atoms with Crippen molar-refractivity contribution in [1.82, 2.24) is 0 Å². The molecule has 0 radical (unpaired) electrons. The standard InChI is InChI=1S/C23H38O6/c1-3-4-5-6-7-8-9-10-11-12-13-14-15-19-21(26)23(18-24,29-22(19)27)17-16-20(25)28-2/h15-17,21,24,26H,3-14,18H2,1-2H3/b17-16+,19-15-/t21-,23+/m1/s1. The number of carbonyl (C=O) groups is 2. The molecule has 2 atom stereocenters. The van der Waals surface area contributed by atoms with E-state index in [1.807, 2.05) is 0 Å². The molecule has 1 heterocycles. The van der Waals surface area contributed by atoms with E-state index in [0.29, 0.717) is 6.42 Å². The summed E-state index contributed by atoms with van der Waals surface area (Å²) in [5.41, 5.74) is -1.49. The monoisotopic (exact) mass is 410 g/mol. The van der Waals surface area contributed by atoms with Crippen molar-refractivity contribution < 1.29 is 29.3 Å². The van der Waals surface area contributed by atoms with E-state index in [2.05, 4.69) is 11.7 Å². The van der Waals surface area contributed by atoms with Gasteiger partial charge in [0.2, 0.25) is 0 Å². The molecule has 0 unspecified atom stereocenters. The lowest BCUT2D eigenvalue weighted by molar-refractivity contribution is -0.149. The number of esters is 2. The third-order valence-corrected chi connectivity index (χ3v) is 5.40. The average Bonchev–Trinajstić information content (AvgIpc) is 2.97. The Balaban J connectivity index is 2.31. The molecule has 1 rings (SSSR count). The maximum Gasteiger partial charge on any atom is 0.337 e. The minimum atomic E-state index is -1.63. The number of rotatable bonds is 15. The van der Waals surface area contributed by atoms with E-state index in [1.54, 1.807) is 6.08 Å². The molecule has 0 amide bonds. The summed E-state index contributed by atoms with van der Waals surface area (Å²) in [4.78, 5) is 23.4. The summed E-state index contributed by atoms with van der Waals surface area (Å²) in [6, 6.07) is 0. The Bertz CT molecular complexity index is 554. The van der Waals surface area contributed by atoms with Gasteiger partial charge >= 0.3 is 11.9 Å². The smallest absolute Gasteiger partial charge is 0.337 e. The van der Waals surface area contributed by atoms with Gasteiger partial charge in [0.1, 0.15) is 6.10 Å². The van der Waals surface area contributed by atoms with Crippen LogP contribution in [0.2, 0.25) is 0 Å². The minimum Gasteiger partial charge on any atom is -0.466 e. The average molecular weight is 411 g/mol. The van der Waals surface area contributed by atoms with Gasteiger partial charge in [-0.3, -0.25) is 0 Å². The highest BCUT2D eigenvalue weighted by molar-refractivity contribution is 5.93. The zero-order valence-electron chi connectivity index (χ0n) is 18.0. The Morgan fingerprint density at radius 1 is 1.07 bits per heavy atom.